The number of rotatable bonds is 8. The highest BCUT2D eigenvalue weighted by Gasteiger charge is 2.49. The van der Waals surface area contributed by atoms with Crippen molar-refractivity contribution in [3.05, 3.63) is 70.8 Å². The lowest BCUT2D eigenvalue weighted by Gasteiger charge is -2.24. The van der Waals surface area contributed by atoms with Crippen molar-refractivity contribution in [2.24, 2.45) is 0 Å². The van der Waals surface area contributed by atoms with Crippen molar-refractivity contribution in [3.63, 3.8) is 0 Å². The van der Waals surface area contributed by atoms with Gasteiger partial charge in [0.1, 0.15) is 23.4 Å². The van der Waals surface area contributed by atoms with E-state index in [1.165, 1.54) is 37.6 Å². The summed E-state index contributed by atoms with van der Waals surface area (Å²) in [5, 5.41) is 12.0. The van der Waals surface area contributed by atoms with Gasteiger partial charge < -0.3 is 28.8 Å². The molecule has 0 aliphatic carbocycles. The van der Waals surface area contributed by atoms with Crippen LogP contribution in [0.15, 0.2) is 54.1 Å². The fourth-order valence-corrected chi connectivity index (χ4v) is 6.60. The average molecular weight is 603 g/mol. The molecule has 6 rings (SSSR count). The lowest BCUT2D eigenvalue weighted by atomic mass is 9.94. The Bertz CT molecular complexity index is 1770. The standard InChI is InChI=1S/C32H30N2O8S/c1-6-41-20-8-9-21-25(15-20)43-32(33-21)34-27(19-13-23(38-3)30(40-5)24(14-19)39-4)26(29(36)31(34)37)28(35)17-7-10-22-18(12-17)11-16(2)42-22/h7-10,12-16,27,35H,6,11H2,1-5H3/b28-26+. The Labute approximate surface area is 252 Å². The Balaban J connectivity index is 1.56. The van der Waals surface area contributed by atoms with Crippen LogP contribution in [0.4, 0.5) is 5.13 Å². The number of Topliss-reactive ketones (excluding diaryl/α,β-unsaturated/α-hetero) is 1. The van der Waals surface area contributed by atoms with Crippen LogP contribution in [0, 0.1) is 0 Å². The number of carbonyl (C=O) groups excluding carboxylic acids is 2. The van der Waals surface area contributed by atoms with Gasteiger partial charge in [-0.3, -0.25) is 14.5 Å². The average Bonchev–Trinajstić information content (AvgIpc) is 3.67. The number of nitrogens with zero attached hydrogens (tertiary/aromatic N) is 2. The van der Waals surface area contributed by atoms with Gasteiger partial charge in [0.25, 0.3) is 5.78 Å². The summed E-state index contributed by atoms with van der Waals surface area (Å²) < 4.78 is 28.9. The molecule has 0 radical (unpaired) electrons. The van der Waals surface area contributed by atoms with Gasteiger partial charge in [-0.05, 0) is 73.5 Å². The van der Waals surface area contributed by atoms with Crippen molar-refractivity contribution in [3.8, 4) is 28.7 Å². The fraction of sp³-hybridized carbons (Fsp3) is 0.281. The number of carbonyl (C=O) groups is 2. The number of aliphatic hydroxyl groups excluding tert-OH is 1. The molecule has 2 aliphatic rings. The molecule has 2 aliphatic heterocycles. The number of ether oxygens (including phenoxy) is 5. The van der Waals surface area contributed by atoms with Gasteiger partial charge in [0.2, 0.25) is 5.75 Å². The molecule has 222 valence electrons. The quantitative estimate of drug-likeness (QED) is 0.155. The zero-order valence-corrected chi connectivity index (χ0v) is 25.1. The molecular weight excluding hydrogens is 572 g/mol. The third kappa shape index (κ3) is 4.79. The molecule has 1 amide bonds. The van der Waals surface area contributed by atoms with E-state index in [1.54, 1.807) is 42.5 Å². The van der Waals surface area contributed by atoms with Gasteiger partial charge in [0.15, 0.2) is 16.6 Å². The summed E-state index contributed by atoms with van der Waals surface area (Å²) in [4.78, 5) is 33.6. The van der Waals surface area contributed by atoms with Gasteiger partial charge in [-0.2, -0.15) is 0 Å². The van der Waals surface area contributed by atoms with Crippen LogP contribution >= 0.6 is 11.3 Å². The Morgan fingerprint density at radius 3 is 2.47 bits per heavy atom. The predicted octanol–water partition coefficient (Wildman–Crippen LogP) is 5.67. The topological polar surface area (TPSA) is 117 Å². The molecule has 10 nitrogen and oxygen atoms in total. The second-order valence-corrected chi connectivity index (χ2v) is 11.2. The van der Waals surface area contributed by atoms with E-state index in [0.717, 1.165) is 16.0 Å². The molecule has 3 heterocycles. The molecule has 1 fully saturated rings. The summed E-state index contributed by atoms with van der Waals surface area (Å²) >= 11 is 1.25. The van der Waals surface area contributed by atoms with E-state index in [9.17, 15) is 14.7 Å². The third-order valence-electron chi connectivity index (χ3n) is 7.48. The van der Waals surface area contributed by atoms with Crippen molar-refractivity contribution in [1.29, 1.82) is 0 Å². The van der Waals surface area contributed by atoms with E-state index >= 15 is 0 Å². The van der Waals surface area contributed by atoms with Gasteiger partial charge in [-0.15, -0.1) is 0 Å². The van der Waals surface area contributed by atoms with Crippen molar-refractivity contribution >= 4 is 44.1 Å². The van der Waals surface area contributed by atoms with Crippen molar-refractivity contribution in [2.45, 2.75) is 32.4 Å². The number of hydrogen-bond donors (Lipinski definition) is 1. The maximum absolute atomic E-state index is 13.8. The Morgan fingerprint density at radius 2 is 1.79 bits per heavy atom. The monoisotopic (exact) mass is 602 g/mol. The van der Waals surface area contributed by atoms with E-state index in [4.69, 9.17) is 28.7 Å². The smallest absolute Gasteiger partial charge is 0.301 e. The zero-order valence-electron chi connectivity index (χ0n) is 24.3. The first-order valence-corrected chi connectivity index (χ1v) is 14.5. The Hall–Kier alpha value is -4.77. The zero-order chi connectivity index (χ0) is 30.4. The van der Waals surface area contributed by atoms with Crippen LogP contribution in [-0.4, -0.2) is 55.8 Å². The van der Waals surface area contributed by atoms with Gasteiger partial charge >= 0.3 is 5.91 Å². The number of anilines is 1. The number of hydrogen-bond acceptors (Lipinski definition) is 10. The number of methoxy groups -OCH3 is 3. The second-order valence-electron chi connectivity index (χ2n) is 10.1. The summed E-state index contributed by atoms with van der Waals surface area (Å²) in [6.45, 7) is 4.36. The van der Waals surface area contributed by atoms with E-state index in [0.29, 0.717) is 57.8 Å². The van der Waals surface area contributed by atoms with Crippen LogP contribution in [0.25, 0.3) is 16.0 Å². The largest absolute Gasteiger partial charge is 0.507 e. The first kappa shape index (κ1) is 28.4. The number of fused-ring (bicyclic) bond motifs is 2. The van der Waals surface area contributed by atoms with Crippen molar-refractivity contribution in [2.75, 3.05) is 32.8 Å². The lowest BCUT2D eigenvalue weighted by molar-refractivity contribution is -0.132. The van der Waals surface area contributed by atoms with Crippen LogP contribution in [0.5, 0.6) is 28.7 Å². The lowest BCUT2D eigenvalue weighted by Crippen LogP contribution is -2.29. The summed E-state index contributed by atoms with van der Waals surface area (Å²) in [6.07, 6.45) is 0.663. The maximum Gasteiger partial charge on any atom is 0.301 e. The molecule has 3 aromatic carbocycles. The molecule has 2 unspecified atom stereocenters. The van der Waals surface area contributed by atoms with Crippen LogP contribution in [0.1, 0.15) is 36.6 Å². The minimum absolute atomic E-state index is 0.000479. The summed E-state index contributed by atoms with van der Waals surface area (Å²) in [5.74, 6) is 0.449. The molecule has 1 N–H and O–H groups in total. The molecule has 1 aromatic heterocycles. The molecule has 0 spiro atoms. The van der Waals surface area contributed by atoms with E-state index in [1.807, 2.05) is 19.9 Å². The van der Waals surface area contributed by atoms with Gasteiger partial charge in [0, 0.05) is 12.0 Å². The third-order valence-corrected chi connectivity index (χ3v) is 8.50. The van der Waals surface area contributed by atoms with Gasteiger partial charge in [-0.25, -0.2) is 4.98 Å². The molecule has 2 atom stereocenters. The van der Waals surface area contributed by atoms with Crippen LogP contribution in [-0.2, 0) is 16.0 Å². The Morgan fingerprint density at radius 1 is 1.05 bits per heavy atom. The molecule has 43 heavy (non-hydrogen) atoms. The minimum Gasteiger partial charge on any atom is -0.507 e. The maximum atomic E-state index is 13.8. The molecule has 0 saturated carbocycles. The molecule has 4 aromatic rings. The van der Waals surface area contributed by atoms with Gasteiger partial charge in [0.05, 0.1) is 49.8 Å². The second kappa shape index (κ2) is 11.1. The highest BCUT2D eigenvalue weighted by atomic mass is 32.1. The number of aliphatic hydroxyl groups is 1. The van der Waals surface area contributed by atoms with Crippen LogP contribution in [0.2, 0.25) is 0 Å². The fourth-order valence-electron chi connectivity index (χ4n) is 5.58. The number of benzene rings is 3. The molecular formula is C32H30N2O8S. The summed E-state index contributed by atoms with van der Waals surface area (Å²) in [5.41, 5.74) is 2.33. The van der Waals surface area contributed by atoms with Crippen molar-refractivity contribution in [1.82, 2.24) is 4.98 Å². The number of ketones is 1. The SMILES string of the molecule is CCOc1ccc2nc(N3C(=O)C(=O)/C(=C(/O)c4ccc5c(c4)CC(C)O5)C3c3cc(OC)c(OC)c(OC)c3)sc2c1. The molecule has 0 bridgehead atoms. The molecule has 11 heteroatoms. The van der Waals surface area contributed by atoms with Crippen LogP contribution < -0.4 is 28.6 Å². The first-order valence-electron chi connectivity index (χ1n) is 13.7. The predicted molar refractivity (Wildman–Crippen MR) is 162 cm³/mol. The highest BCUT2D eigenvalue weighted by Crippen LogP contribution is 2.48. The normalized spacial score (nSPS) is 19.0. The highest BCUT2D eigenvalue weighted by molar-refractivity contribution is 7.22. The number of thiazole rings is 1. The first-order chi connectivity index (χ1) is 20.8. The summed E-state index contributed by atoms with van der Waals surface area (Å²) in [6, 6.07) is 13.0. The number of aromatic nitrogens is 1. The van der Waals surface area contributed by atoms with E-state index in [2.05, 4.69) is 0 Å². The minimum atomic E-state index is -1.05. The van der Waals surface area contributed by atoms with Crippen LogP contribution in [0.3, 0.4) is 0 Å². The number of amides is 1. The van der Waals surface area contributed by atoms with Gasteiger partial charge in [-0.1, -0.05) is 11.3 Å². The Kier molecular flexibility index (Phi) is 7.35. The van der Waals surface area contributed by atoms with E-state index < -0.39 is 17.7 Å². The summed E-state index contributed by atoms with van der Waals surface area (Å²) in [7, 11) is 4.45. The van der Waals surface area contributed by atoms with E-state index in [-0.39, 0.29) is 17.4 Å². The molecule has 1 saturated heterocycles. The van der Waals surface area contributed by atoms with Crippen molar-refractivity contribution < 1.29 is 38.4 Å².